The molecule has 1 aliphatic rings. The minimum atomic E-state index is -0.210. The second-order valence-electron chi connectivity index (χ2n) is 8.94. The van der Waals surface area contributed by atoms with Gasteiger partial charge in [-0.05, 0) is 60.0 Å². The van der Waals surface area contributed by atoms with Crippen LogP contribution in [0.3, 0.4) is 0 Å². The van der Waals surface area contributed by atoms with E-state index in [2.05, 4.69) is 15.4 Å². The number of aryl methyl sites for hydroxylation is 1. The van der Waals surface area contributed by atoms with Crippen LogP contribution in [0.4, 0.5) is 5.69 Å². The Morgan fingerprint density at radius 1 is 1.00 bits per heavy atom. The van der Waals surface area contributed by atoms with Gasteiger partial charge in [0.05, 0.1) is 11.7 Å². The van der Waals surface area contributed by atoms with E-state index < -0.39 is 0 Å². The van der Waals surface area contributed by atoms with E-state index in [0.717, 1.165) is 34.0 Å². The molecule has 0 saturated heterocycles. The normalized spacial score (nSPS) is 13.0. The molecule has 8 heteroatoms. The van der Waals surface area contributed by atoms with E-state index in [4.69, 9.17) is 4.42 Å². The molecule has 0 unspecified atom stereocenters. The molecule has 1 aliphatic heterocycles. The van der Waals surface area contributed by atoms with Gasteiger partial charge in [0.1, 0.15) is 0 Å². The van der Waals surface area contributed by atoms with E-state index in [-0.39, 0.29) is 11.8 Å². The fourth-order valence-electron chi connectivity index (χ4n) is 4.65. The number of carbonyl (C=O) groups excluding carboxylic acids is 2. The van der Waals surface area contributed by atoms with Crippen molar-refractivity contribution < 1.29 is 14.0 Å². The Kier molecular flexibility index (Phi) is 5.33. The Hall–Kier alpha value is -4.72. The van der Waals surface area contributed by atoms with Crippen LogP contribution >= 0.6 is 0 Å². The van der Waals surface area contributed by atoms with Crippen molar-refractivity contribution in [1.82, 2.24) is 19.7 Å². The highest BCUT2D eigenvalue weighted by Gasteiger charge is 2.23. The minimum absolute atomic E-state index is 0.0227. The number of benzene rings is 3. The van der Waals surface area contributed by atoms with Crippen LogP contribution < -0.4 is 5.32 Å². The predicted molar refractivity (Wildman–Crippen MR) is 135 cm³/mol. The van der Waals surface area contributed by atoms with Crippen molar-refractivity contribution in [3.63, 3.8) is 0 Å². The first-order chi connectivity index (χ1) is 17.5. The average Bonchev–Trinajstić information content (AvgIpc) is 3.56. The number of aromatic nitrogens is 3. The topological polar surface area (TPSA) is 93.3 Å². The first kappa shape index (κ1) is 21.8. The van der Waals surface area contributed by atoms with E-state index in [1.165, 1.54) is 6.39 Å². The van der Waals surface area contributed by atoms with Crippen molar-refractivity contribution in [2.45, 2.75) is 13.0 Å². The Labute approximate surface area is 207 Å². The van der Waals surface area contributed by atoms with Gasteiger partial charge in [0.25, 0.3) is 11.8 Å². The highest BCUT2D eigenvalue weighted by molar-refractivity contribution is 6.04. The Bertz CT molecular complexity index is 1600. The smallest absolute Gasteiger partial charge is 0.255 e. The monoisotopic (exact) mass is 477 g/mol. The molecule has 8 nitrogen and oxygen atoms in total. The van der Waals surface area contributed by atoms with Crippen LogP contribution in [0.1, 0.15) is 31.8 Å². The third-order valence-corrected chi connectivity index (χ3v) is 6.47. The van der Waals surface area contributed by atoms with E-state index in [0.29, 0.717) is 35.7 Å². The highest BCUT2D eigenvalue weighted by atomic mass is 16.3. The Morgan fingerprint density at radius 3 is 2.75 bits per heavy atom. The van der Waals surface area contributed by atoms with Gasteiger partial charge in [-0.3, -0.25) is 14.3 Å². The molecule has 3 heterocycles. The van der Waals surface area contributed by atoms with Gasteiger partial charge >= 0.3 is 0 Å². The second-order valence-corrected chi connectivity index (χ2v) is 8.94. The molecule has 0 fully saturated rings. The number of amides is 2. The molecule has 0 spiro atoms. The number of nitrogens with zero attached hydrogens (tertiary/aromatic N) is 4. The molecule has 2 amide bonds. The Morgan fingerprint density at radius 2 is 1.89 bits per heavy atom. The number of oxazole rings is 1. The maximum Gasteiger partial charge on any atom is 0.255 e. The molecular weight excluding hydrogens is 454 g/mol. The predicted octanol–water partition coefficient (Wildman–Crippen LogP) is 4.68. The van der Waals surface area contributed by atoms with E-state index in [1.807, 2.05) is 78.8 Å². The molecule has 0 bridgehead atoms. The number of hydrogen-bond donors (Lipinski definition) is 1. The summed E-state index contributed by atoms with van der Waals surface area (Å²) in [5.74, 6) is 0.399. The van der Waals surface area contributed by atoms with Crippen LogP contribution in [-0.4, -0.2) is 38.0 Å². The number of hydrogen-bond acceptors (Lipinski definition) is 5. The largest absolute Gasteiger partial charge is 0.444 e. The Balaban J connectivity index is 1.19. The summed E-state index contributed by atoms with van der Waals surface area (Å²) in [4.78, 5) is 32.1. The van der Waals surface area contributed by atoms with Gasteiger partial charge < -0.3 is 14.6 Å². The van der Waals surface area contributed by atoms with E-state index >= 15 is 0 Å². The summed E-state index contributed by atoms with van der Waals surface area (Å²) in [6.07, 6.45) is 5.66. The molecule has 0 saturated carbocycles. The van der Waals surface area contributed by atoms with Gasteiger partial charge in [-0.15, -0.1) is 0 Å². The number of nitrogens with one attached hydrogen (secondary N) is 1. The summed E-state index contributed by atoms with van der Waals surface area (Å²) < 4.78 is 7.09. The average molecular weight is 478 g/mol. The number of rotatable bonds is 4. The van der Waals surface area contributed by atoms with Crippen LogP contribution in [0.15, 0.2) is 83.9 Å². The molecule has 6 rings (SSSR count). The molecule has 0 radical (unpaired) electrons. The van der Waals surface area contributed by atoms with Crippen molar-refractivity contribution >= 4 is 28.4 Å². The summed E-state index contributed by atoms with van der Waals surface area (Å²) in [6, 6.07) is 18.7. The summed E-state index contributed by atoms with van der Waals surface area (Å²) in [7, 11) is 1.87. The zero-order chi connectivity index (χ0) is 24.6. The van der Waals surface area contributed by atoms with Crippen molar-refractivity contribution in [3.8, 4) is 11.3 Å². The van der Waals surface area contributed by atoms with E-state index in [9.17, 15) is 9.59 Å². The molecule has 0 atom stereocenters. The van der Waals surface area contributed by atoms with Gasteiger partial charge in [-0.25, -0.2) is 4.98 Å². The van der Waals surface area contributed by atoms with Crippen LogP contribution in [-0.2, 0) is 20.0 Å². The summed E-state index contributed by atoms with van der Waals surface area (Å²) >= 11 is 0. The van der Waals surface area contributed by atoms with Crippen LogP contribution in [0, 0.1) is 0 Å². The van der Waals surface area contributed by atoms with Crippen LogP contribution in [0.2, 0.25) is 0 Å². The maximum atomic E-state index is 13.3. The first-order valence-electron chi connectivity index (χ1n) is 11.7. The van der Waals surface area contributed by atoms with E-state index in [1.54, 1.807) is 10.9 Å². The lowest BCUT2D eigenvalue weighted by atomic mass is 9.96. The quantitative estimate of drug-likeness (QED) is 0.406. The van der Waals surface area contributed by atoms with Gasteiger partial charge in [0.2, 0.25) is 0 Å². The highest BCUT2D eigenvalue weighted by Crippen LogP contribution is 2.25. The minimum Gasteiger partial charge on any atom is -0.444 e. The zero-order valence-electron chi connectivity index (χ0n) is 19.6. The lowest BCUT2D eigenvalue weighted by Crippen LogP contribution is -2.36. The number of carbonyl (C=O) groups is 2. The molecule has 1 N–H and O–H groups in total. The van der Waals surface area contributed by atoms with Crippen molar-refractivity contribution in [2.75, 3.05) is 11.9 Å². The maximum absolute atomic E-state index is 13.3. The standard InChI is InChI=1S/C28H23N5O3/c1-32-15-23-12-21(7-8-25(23)31-32)28(35)33-10-9-18-5-6-20(11-22(18)16-33)27(34)30-24-4-2-3-19(13-24)26-14-29-17-36-26/h2-8,11-15,17H,9-10,16H2,1H3,(H,30,34). The summed E-state index contributed by atoms with van der Waals surface area (Å²) in [6.45, 7) is 1.10. The van der Waals surface area contributed by atoms with Crippen molar-refractivity contribution in [1.29, 1.82) is 0 Å². The lowest BCUT2D eigenvalue weighted by molar-refractivity contribution is 0.0735. The fourth-order valence-corrected chi connectivity index (χ4v) is 4.65. The molecule has 2 aromatic heterocycles. The molecule has 0 aliphatic carbocycles. The van der Waals surface area contributed by atoms with Crippen molar-refractivity contribution in [3.05, 3.63) is 102 Å². The second kappa shape index (κ2) is 8.81. The molecule has 3 aromatic carbocycles. The third kappa shape index (κ3) is 4.13. The SMILES string of the molecule is Cn1cc2cc(C(=O)N3CCc4ccc(C(=O)Nc5cccc(-c6cnco6)c5)cc4C3)ccc2n1. The number of fused-ring (bicyclic) bond motifs is 2. The van der Waals surface area contributed by atoms with Gasteiger partial charge in [0, 0.05) is 54.1 Å². The van der Waals surface area contributed by atoms with Crippen LogP contribution in [0.25, 0.3) is 22.2 Å². The fraction of sp³-hybridized carbons (Fsp3) is 0.143. The first-order valence-corrected chi connectivity index (χ1v) is 11.7. The van der Waals surface area contributed by atoms with Gasteiger partial charge in [-0.2, -0.15) is 5.10 Å². The molecule has 5 aromatic rings. The van der Waals surface area contributed by atoms with Gasteiger partial charge in [-0.1, -0.05) is 18.2 Å². The van der Waals surface area contributed by atoms with Crippen LogP contribution in [0.5, 0.6) is 0 Å². The van der Waals surface area contributed by atoms with Crippen molar-refractivity contribution in [2.24, 2.45) is 7.05 Å². The summed E-state index contributed by atoms with van der Waals surface area (Å²) in [5.41, 5.74) is 5.68. The number of anilines is 1. The molecule has 178 valence electrons. The third-order valence-electron chi connectivity index (χ3n) is 6.47. The van der Waals surface area contributed by atoms with Gasteiger partial charge in [0.15, 0.2) is 12.2 Å². The summed E-state index contributed by atoms with van der Waals surface area (Å²) in [5, 5.41) is 8.27. The zero-order valence-corrected chi connectivity index (χ0v) is 19.6. The molecule has 36 heavy (non-hydrogen) atoms. The molecular formula is C28H23N5O3. The lowest BCUT2D eigenvalue weighted by Gasteiger charge is -2.29.